The highest BCUT2D eigenvalue weighted by atomic mass is 15.0. The van der Waals surface area contributed by atoms with Crippen molar-refractivity contribution in [2.45, 2.75) is 34.6 Å². The minimum Gasteiger partial charge on any atom is -0.375 e. The maximum Gasteiger partial charge on any atom is 0.333 e. The summed E-state index contributed by atoms with van der Waals surface area (Å²) in [6.45, 7) is 11.3. The second-order valence-electron chi connectivity index (χ2n) is 20.5. The van der Waals surface area contributed by atoms with Gasteiger partial charge >= 0.3 is 6.85 Å². The van der Waals surface area contributed by atoms with Crippen LogP contribution in [0.3, 0.4) is 0 Å². The van der Waals surface area contributed by atoms with Gasteiger partial charge in [-0.2, -0.15) is 0 Å². The third kappa shape index (κ3) is 6.09. The van der Waals surface area contributed by atoms with Gasteiger partial charge in [0.05, 0.1) is 11.0 Å². The van der Waals surface area contributed by atoms with E-state index in [0.29, 0.717) is 17.5 Å². The molecule has 10 aromatic carbocycles. The summed E-state index contributed by atoms with van der Waals surface area (Å²) in [4.78, 5) is 15.4. The van der Waals surface area contributed by atoms with Crippen LogP contribution in [0, 0.1) is 34.6 Å². The molecule has 0 N–H and O–H groups in total. The lowest BCUT2D eigenvalue weighted by Gasteiger charge is -2.36. The number of nitrogens with zero attached hydrogens (tertiary/aromatic N) is 5. The van der Waals surface area contributed by atoms with Crippen molar-refractivity contribution < 1.29 is 0 Å². The molecule has 0 unspecified atom stereocenters. The van der Waals surface area contributed by atoms with E-state index in [0.717, 1.165) is 22.3 Å². The Hall–Kier alpha value is -9.13. The molecule has 0 saturated carbocycles. The average molecular weight is 946 g/mol. The van der Waals surface area contributed by atoms with Gasteiger partial charge in [0.1, 0.15) is 0 Å². The number of rotatable bonds is 6. The highest BCUT2D eigenvalue weighted by Crippen LogP contribution is 2.49. The predicted octanol–water partition coefficient (Wildman–Crippen LogP) is 15.6. The molecule has 0 radical (unpaired) electrons. The van der Waals surface area contributed by atoms with Crippen molar-refractivity contribution in [2.75, 3.05) is 0 Å². The first-order valence-electron chi connectivity index (χ1n) is 25.7. The molecular weight excluding hydrogens is 898 g/mol. The van der Waals surface area contributed by atoms with E-state index in [9.17, 15) is 0 Å². The Morgan fingerprint density at radius 1 is 0.351 bits per heavy atom. The third-order valence-electron chi connectivity index (χ3n) is 16.2. The van der Waals surface area contributed by atoms with Crippen LogP contribution in [0.5, 0.6) is 0 Å². The summed E-state index contributed by atoms with van der Waals surface area (Å²) < 4.78 is 5.29. The number of fused-ring (bicyclic) bond motifs is 10. The van der Waals surface area contributed by atoms with Crippen molar-refractivity contribution >= 4 is 61.4 Å². The molecule has 348 valence electrons. The van der Waals surface area contributed by atoms with Crippen LogP contribution in [0.4, 0.5) is 0 Å². The first-order valence-corrected chi connectivity index (χ1v) is 25.7. The molecule has 15 rings (SSSR count). The normalized spacial score (nSPS) is 12.4. The van der Waals surface area contributed by atoms with Crippen molar-refractivity contribution in [3.63, 3.8) is 0 Å². The van der Waals surface area contributed by atoms with Crippen LogP contribution in [0.15, 0.2) is 200 Å². The molecule has 0 aliphatic carbocycles. The van der Waals surface area contributed by atoms with E-state index in [4.69, 9.17) is 15.0 Å². The van der Waals surface area contributed by atoms with Gasteiger partial charge in [-0.05, 0) is 155 Å². The SMILES string of the molecule is Cc1cccc(C)c1-c1ccc2c(c1)c1cc(-c3c(C)cccc3C)cc3c1n2B1c2c(cc(-c4cccc(-c5nc(-c6ccccc6)nc(-c6ccccc6)n5)c4)c(C)c2-3)-n2c3ccccc3c3cccc1c32. The molecule has 5 heterocycles. The molecule has 0 amide bonds. The van der Waals surface area contributed by atoms with E-state index in [-0.39, 0.29) is 6.85 Å². The zero-order valence-electron chi connectivity index (χ0n) is 41.9. The fourth-order valence-electron chi connectivity index (χ4n) is 13.1. The molecule has 0 spiro atoms. The number of hydrogen-bond donors (Lipinski definition) is 0. The molecule has 6 heteroatoms. The molecule has 74 heavy (non-hydrogen) atoms. The third-order valence-corrected chi connectivity index (χ3v) is 16.2. The molecule has 13 aromatic rings. The van der Waals surface area contributed by atoms with E-state index < -0.39 is 0 Å². The molecule has 0 saturated heterocycles. The second kappa shape index (κ2) is 15.9. The van der Waals surface area contributed by atoms with Crippen molar-refractivity contribution in [3.05, 3.63) is 228 Å². The Labute approximate surface area is 430 Å². The summed E-state index contributed by atoms with van der Waals surface area (Å²) in [7, 11) is 0. The zero-order chi connectivity index (χ0) is 49.5. The largest absolute Gasteiger partial charge is 0.375 e. The number of hydrogen-bond acceptors (Lipinski definition) is 3. The Bertz CT molecular complexity index is 4450. The lowest BCUT2D eigenvalue weighted by molar-refractivity contribution is 1.07. The molecular formula is C68H48BN5. The Morgan fingerprint density at radius 2 is 0.905 bits per heavy atom. The van der Waals surface area contributed by atoms with E-state index in [1.54, 1.807) is 0 Å². The fraction of sp³-hybridized carbons (Fsp3) is 0.0735. The van der Waals surface area contributed by atoms with Gasteiger partial charge < -0.3 is 9.05 Å². The van der Waals surface area contributed by atoms with Gasteiger partial charge in [0.15, 0.2) is 17.5 Å². The first-order chi connectivity index (χ1) is 36.3. The van der Waals surface area contributed by atoms with Crippen molar-refractivity contribution in [2.24, 2.45) is 0 Å². The fourth-order valence-corrected chi connectivity index (χ4v) is 13.1. The highest BCUT2D eigenvalue weighted by Gasteiger charge is 2.43. The predicted molar refractivity (Wildman–Crippen MR) is 309 cm³/mol. The van der Waals surface area contributed by atoms with Crippen LogP contribution in [-0.2, 0) is 0 Å². The van der Waals surface area contributed by atoms with Crippen LogP contribution in [-0.4, -0.2) is 30.8 Å². The lowest BCUT2D eigenvalue weighted by atomic mass is 9.45. The quantitative estimate of drug-likeness (QED) is 0.156. The van der Waals surface area contributed by atoms with Gasteiger partial charge in [0.25, 0.3) is 0 Å². The minimum atomic E-state index is -0.0813. The van der Waals surface area contributed by atoms with E-state index in [2.05, 4.69) is 207 Å². The van der Waals surface area contributed by atoms with E-state index >= 15 is 0 Å². The van der Waals surface area contributed by atoms with E-state index in [1.807, 2.05) is 36.4 Å². The maximum atomic E-state index is 5.19. The maximum absolute atomic E-state index is 5.19. The Kier molecular flexibility index (Phi) is 9.16. The van der Waals surface area contributed by atoms with Crippen LogP contribution in [0.2, 0.25) is 0 Å². The van der Waals surface area contributed by atoms with Gasteiger partial charge in [-0.1, -0.05) is 158 Å². The van der Waals surface area contributed by atoms with Gasteiger partial charge in [-0.25, -0.2) is 15.0 Å². The van der Waals surface area contributed by atoms with Crippen LogP contribution >= 0.6 is 0 Å². The Balaban J connectivity index is 1.05. The highest BCUT2D eigenvalue weighted by molar-refractivity contribution is 6.90. The van der Waals surface area contributed by atoms with Gasteiger partial charge in [0.2, 0.25) is 0 Å². The summed E-state index contributed by atoms with van der Waals surface area (Å²) in [6, 6.07) is 73.4. The standard InChI is InChI=1S/C68H48BN5/c1-39-18-14-19-40(2)60(39)47-32-33-58-53(35-47)54-36-49(61-41(3)20-15-21-42(61)4)37-55-62-43(5)52(38-59-63(62)69(74(58)64(54)55)56-30-17-29-51-50-28-12-13-31-57(50)73(59)65(51)56)46-26-16-27-48(34-46)68-71-66(44-22-8-6-9-23-44)70-67(72-68)45-24-10-7-11-25-45/h6-38H,1-5H3. The van der Waals surface area contributed by atoms with Crippen molar-refractivity contribution in [1.82, 2.24) is 24.0 Å². The van der Waals surface area contributed by atoms with E-state index in [1.165, 1.54) is 127 Å². The lowest BCUT2D eigenvalue weighted by Crippen LogP contribution is -2.55. The van der Waals surface area contributed by atoms with Crippen LogP contribution < -0.4 is 10.9 Å². The molecule has 0 atom stereocenters. The molecule has 0 bridgehead atoms. The van der Waals surface area contributed by atoms with Crippen LogP contribution in [0.25, 0.3) is 128 Å². The topological polar surface area (TPSA) is 48.5 Å². The second-order valence-corrected chi connectivity index (χ2v) is 20.5. The van der Waals surface area contributed by atoms with Gasteiger partial charge in [0, 0.05) is 60.5 Å². The zero-order valence-corrected chi connectivity index (χ0v) is 41.9. The minimum absolute atomic E-state index is 0.0813. The number of para-hydroxylation sites is 2. The van der Waals surface area contributed by atoms with Gasteiger partial charge in [-0.3, -0.25) is 0 Å². The first kappa shape index (κ1) is 42.5. The summed E-state index contributed by atoms with van der Waals surface area (Å²) in [6.07, 6.45) is 0. The Morgan fingerprint density at radius 3 is 1.59 bits per heavy atom. The molecule has 3 aromatic heterocycles. The number of benzene rings is 10. The number of aryl methyl sites for hydroxylation is 4. The van der Waals surface area contributed by atoms with Crippen molar-refractivity contribution in [3.8, 4) is 84.4 Å². The average Bonchev–Trinajstić information content (AvgIpc) is 4.12. The summed E-state index contributed by atoms with van der Waals surface area (Å²) in [5.74, 6) is 1.93. The van der Waals surface area contributed by atoms with Crippen molar-refractivity contribution in [1.29, 1.82) is 0 Å². The smallest absolute Gasteiger partial charge is 0.333 e. The summed E-state index contributed by atoms with van der Waals surface area (Å²) >= 11 is 0. The molecule has 5 nitrogen and oxygen atoms in total. The molecule has 2 aliphatic heterocycles. The monoisotopic (exact) mass is 945 g/mol. The molecule has 2 aliphatic rings. The summed E-state index contributed by atoms with van der Waals surface area (Å²) in [5, 5.41) is 5.08. The van der Waals surface area contributed by atoms with Gasteiger partial charge in [-0.15, -0.1) is 0 Å². The summed E-state index contributed by atoms with van der Waals surface area (Å²) in [5.41, 5.74) is 28.0. The molecule has 0 fully saturated rings. The number of aromatic nitrogens is 5. The van der Waals surface area contributed by atoms with Crippen LogP contribution in [0.1, 0.15) is 27.8 Å².